The molecule has 0 saturated carbocycles. The first-order valence-electron chi connectivity index (χ1n) is 9.87. The molecule has 1 atom stereocenters. The third-order valence-electron chi connectivity index (χ3n) is 5.23. The van der Waals surface area contributed by atoms with Gasteiger partial charge < -0.3 is 15.1 Å². The molecule has 0 fully saturated rings. The van der Waals surface area contributed by atoms with E-state index in [2.05, 4.69) is 0 Å². The number of sulfonamides is 1. The van der Waals surface area contributed by atoms with Gasteiger partial charge in [-0.15, -0.1) is 0 Å². The molecular formula is C20H29N3O5S. The van der Waals surface area contributed by atoms with Crippen molar-refractivity contribution in [3.05, 3.63) is 23.8 Å². The van der Waals surface area contributed by atoms with E-state index < -0.39 is 21.5 Å². The number of carbonyl (C=O) groups is 1. The minimum atomic E-state index is -3.76. The van der Waals surface area contributed by atoms with E-state index in [0.29, 0.717) is 25.1 Å². The molecule has 2 N–H and O–H groups in total. The topological polar surface area (TPSA) is 122 Å². The number of hydrogen-bond acceptors (Lipinski definition) is 6. The smallest absolute Gasteiger partial charge is 0.263 e. The highest BCUT2D eigenvalue weighted by atomic mass is 32.2. The second-order valence-corrected chi connectivity index (χ2v) is 9.31. The number of fused-ring (bicyclic) bond motifs is 1. The molecule has 1 unspecified atom stereocenters. The molecule has 1 heterocycles. The number of rotatable bonds is 11. The van der Waals surface area contributed by atoms with Crippen LogP contribution in [0.25, 0.3) is 0 Å². The van der Waals surface area contributed by atoms with Crippen LogP contribution in [-0.2, 0) is 20.4 Å². The molecule has 0 radical (unpaired) electrons. The highest BCUT2D eigenvalue weighted by Crippen LogP contribution is 2.44. The third kappa shape index (κ3) is 4.61. The first-order chi connectivity index (χ1) is 13.7. The lowest BCUT2D eigenvalue weighted by atomic mass is 9.90. The molecule has 0 bridgehead atoms. The van der Waals surface area contributed by atoms with E-state index in [1.54, 1.807) is 0 Å². The molecule has 1 aromatic carbocycles. The average molecular weight is 424 g/mol. The Bertz CT molecular complexity index is 881. The SMILES string of the molecule is CCCCN(C)S(=O)(=O)c1ccc2c(c1)C(O)(CCCCO)C(=O)N2CCC#N. The zero-order valence-corrected chi connectivity index (χ0v) is 17.8. The van der Waals surface area contributed by atoms with E-state index in [1.165, 1.54) is 34.5 Å². The van der Waals surface area contributed by atoms with Crippen molar-refractivity contribution < 1.29 is 23.4 Å². The van der Waals surface area contributed by atoms with E-state index in [1.807, 2.05) is 13.0 Å². The summed E-state index contributed by atoms with van der Waals surface area (Å²) in [5.41, 5.74) is -1.21. The van der Waals surface area contributed by atoms with Crippen LogP contribution in [0.4, 0.5) is 5.69 Å². The Morgan fingerprint density at radius 3 is 2.62 bits per heavy atom. The van der Waals surface area contributed by atoms with Crippen LogP contribution < -0.4 is 4.90 Å². The van der Waals surface area contributed by atoms with E-state index in [4.69, 9.17) is 10.4 Å². The van der Waals surface area contributed by atoms with Crippen molar-refractivity contribution in [2.24, 2.45) is 0 Å². The molecule has 0 aliphatic carbocycles. The molecule has 8 nitrogen and oxygen atoms in total. The van der Waals surface area contributed by atoms with Crippen LogP contribution in [0, 0.1) is 11.3 Å². The fraction of sp³-hybridized carbons (Fsp3) is 0.600. The fourth-order valence-corrected chi connectivity index (χ4v) is 4.73. The summed E-state index contributed by atoms with van der Waals surface area (Å²) in [6.45, 7) is 2.41. The summed E-state index contributed by atoms with van der Waals surface area (Å²) in [7, 11) is -2.25. The van der Waals surface area contributed by atoms with Gasteiger partial charge in [-0.05, 0) is 43.9 Å². The van der Waals surface area contributed by atoms with Crippen molar-refractivity contribution in [1.82, 2.24) is 4.31 Å². The number of amides is 1. The maximum Gasteiger partial charge on any atom is 0.263 e. The minimum absolute atomic E-state index is 0.0189. The van der Waals surface area contributed by atoms with Crippen molar-refractivity contribution in [2.45, 2.75) is 55.9 Å². The number of benzene rings is 1. The van der Waals surface area contributed by atoms with Gasteiger partial charge in [0.25, 0.3) is 5.91 Å². The molecule has 2 rings (SSSR count). The van der Waals surface area contributed by atoms with Crippen molar-refractivity contribution in [1.29, 1.82) is 5.26 Å². The van der Waals surface area contributed by atoms with Crippen LogP contribution in [0.3, 0.4) is 0 Å². The lowest BCUT2D eigenvalue weighted by Gasteiger charge is -2.23. The molecule has 1 amide bonds. The number of anilines is 1. The van der Waals surface area contributed by atoms with Gasteiger partial charge in [-0.2, -0.15) is 5.26 Å². The summed E-state index contributed by atoms with van der Waals surface area (Å²) in [6, 6.07) is 6.31. The number of nitriles is 1. The number of carbonyl (C=O) groups excluding carboxylic acids is 1. The van der Waals surface area contributed by atoms with Crippen LogP contribution in [0.15, 0.2) is 23.1 Å². The van der Waals surface area contributed by atoms with Crippen LogP contribution in [-0.4, -0.2) is 55.6 Å². The summed E-state index contributed by atoms with van der Waals surface area (Å²) in [4.78, 5) is 14.3. The van der Waals surface area contributed by atoms with Crippen LogP contribution in [0.2, 0.25) is 0 Å². The molecule has 160 valence electrons. The van der Waals surface area contributed by atoms with Crippen LogP contribution >= 0.6 is 0 Å². The Balaban J connectivity index is 2.48. The third-order valence-corrected chi connectivity index (χ3v) is 7.08. The number of aliphatic hydroxyl groups is 2. The van der Waals surface area contributed by atoms with E-state index in [-0.39, 0.29) is 36.5 Å². The van der Waals surface area contributed by atoms with Gasteiger partial charge in [0.05, 0.1) is 23.1 Å². The first-order valence-corrected chi connectivity index (χ1v) is 11.3. The normalized spacial score (nSPS) is 18.9. The fourth-order valence-electron chi connectivity index (χ4n) is 3.49. The summed E-state index contributed by atoms with van der Waals surface area (Å²) >= 11 is 0. The van der Waals surface area contributed by atoms with Crippen molar-refractivity contribution in [2.75, 3.05) is 31.6 Å². The van der Waals surface area contributed by atoms with E-state index in [0.717, 1.165) is 12.8 Å². The second kappa shape index (κ2) is 9.67. The molecule has 29 heavy (non-hydrogen) atoms. The highest BCUT2D eigenvalue weighted by molar-refractivity contribution is 7.89. The molecule has 1 aliphatic rings. The van der Waals surface area contributed by atoms with Crippen molar-refractivity contribution in [3.63, 3.8) is 0 Å². The maximum absolute atomic E-state index is 13.0. The molecule has 0 saturated heterocycles. The second-order valence-electron chi connectivity index (χ2n) is 7.26. The largest absolute Gasteiger partial charge is 0.396 e. The number of unbranched alkanes of at least 4 members (excludes halogenated alkanes) is 2. The Morgan fingerprint density at radius 2 is 2.00 bits per heavy atom. The predicted octanol–water partition coefficient (Wildman–Crippen LogP) is 1.72. The average Bonchev–Trinajstić information content (AvgIpc) is 2.91. The number of nitrogens with zero attached hydrogens (tertiary/aromatic N) is 3. The Kier molecular flexibility index (Phi) is 7.77. The molecular weight excluding hydrogens is 394 g/mol. The highest BCUT2D eigenvalue weighted by Gasteiger charge is 2.49. The number of aliphatic hydroxyl groups excluding tert-OH is 1. The summed E-state index contributed by atoms with van der Waals surface area (Å²) in [5.74, 6) is -0.561. The zero-order chi connectivity index (χ0) is 21.7. The van der Waals surface area contributed by atoms with Gasteiger partial charge in [-0.25, -0.2) is 12.7 Å². The lowest BCUT2D eigenvalue weighted by Crippen LogP contribution is -2.40. The molecule has 1 aromatic rings. The van der Waals surface area contributed by atoms with Crippen LogP contribution in [0.5, 0.6) is 0 Å². The minimum Gasteiger partial charge on any atom is -0.396 e. The van der Waals surface area contributed by atoms with Gasteiger partial charge in [0.2, 0.25) is 10.0 Å². The van der Waals surface area contributed by atoms with Crippen molar-refractivity contribution >= 4 is 21.6 Å². The summed E-state index contributed by atoms with van der Waals surface area (Å²) in [6.07, 6.45) is 2.57. The van der Waals surface area contributed by atoms with Gasteiger partial charge in [0, 0.05) is 32.3 Å². The van der Waals surface area contributed by atoms with Gasteiger partial charge >= 0.3 is 0 Å². The zero-order valence-electron chi connectivity index (χ0n) is 17.0. The van der Waals surface area contributed by atoms with Gasteiger partial charge in [-0.3, -0.25) is 4.79 Å². The maximum atomic E-state index is 13.0. The first kappa shape index (κ1) is 23.3. The summed E-state index contributed by atoms with van der Waals surface area (Å²) < 4.78 is 27.1. The Labute approximate surface area is 172 Å². The molecule has 0 aromatic heterocycles. The molecule has 0 spiro atoms. The quantitative estimate of drug-likeness (QED) is 0.523. The van der Waals surface area contributed by atoms with Crippen LogP contribution in [0.1, 0.15) is 51.0 Å². The Morgan fingerprint density at radius 1 is 1.28 bits per heavy atom. The lowest BCUT2D eigenvalue weighted by molar-refractivity contribution is -0.137. The van der Waals surface area contributed by atoms with Gasteiger partial charge in [0.15, 0.2) is 5.60 Å². The standard InChI is InChI=1S/C20H29N3O5S/c1-3-4-12-22(2)29(27,28)16-8-9-18-17(15-16)20(26,10-5-6-14-24)19(25)23(18)13-7-11-21/h8-9,15,24,26H,3-7,10,12-14H2,1-2H3. The molecule has 1 aliphatic heterocycles. The monoisotopic (exact) mass is 423 g/mol. The van der Waals surface area contributed by atoms with Gasteiger partial charge in [-0.1, -0.05) is 13.3 Å². The van der Waals surface area contributed by atoms with E-state index >= 15 is 0 Å². The predicted molar refractivity (Wildman–Crippen MR) is 109 cm³/mol. The summed E-state index contributed by atoms with van der Waals surface area (Å²) in [5, 5.41) is 29.1. The van der Waals surface area contributed by atoms with Crippen molar-refractivity contribution in [3.8, 4) is 6.07 Å². The molecule has 9 heteroatoms. The van der Waals surface area contributed by atoms with E-state index in [9.17, 15) is 18.3 Å². The Hall–Kier alpha value is -1.99. The van der Waals surface area contributed by atoms with Gasteiger partial charge in [0.1, 0.15) is 0 Å². The number of hydrogen-bond donors (Lipinski definition) is 2.